The van der Waals surface area contributed by atoms with Gasteiger partial charge in [-0.25, -0.2) is 4.79 Å². The van der Waals surface area contributed by atoms with Crippen LogP contribution in [0.25, 0.3) is 0 Å². The lowest BCUT2D eigenvalue weighted by Gasteiger charge is -2.18. The van der Waals surface area contributed by atoms with Crippen LogP contribution >= 0.6 is 0 Å². The average Bonchev–Trinajstić information content (AvgIpc) is 2.84. The molecule has 0 aromatic heterocycles. The highest BCUT2D eigenvalue weighted by atomic mass is 16.7. The van der Waals surface area contributed by atoms with Crippen molar-refractivity contribution in [3.05, 3.63) is 35.9 Å². The zero-order chi connectivity index (χ0) is 17.0. The molecule has 0 aliphatic carbocycles. The number of nitrogens with zero attached hydrogens (tertiary/aromatic N) is 1. The SMILES string of the molecule is CC(=O)N[C@H](C(=O)ON1C(=O)CCC1=O)C(=O)c1ccccc1. The first-order valence-corrected chi connectivity index (χ1v) is 6.84. The van der Waals surface area contributed by atoms with Gasteiger partial charge in [0.25, 0.3) is 11.8 Å². The molecule has 1 aromatic rings. The normalized spacial score (nSPS) is 15.3. The fourth-order valence-electron chi connectivity index (χ4n) is 2.00. The largest absolute Gasteiger partial charge is 0.363 e. The molecule has 120 valence electrons. The first-order chi connectivity index (χ1) is 10.9. The van der Waals surface area contributed by atoms with E-state index in [1.165, 1.54) is 12.1 Å². The Morgan fingerprint density at radius 2 is 1.65 bits per heavy atom. The highest BCUT2D eigenvalue weighted by Gasteiger charge is 2.37. The van der Waals surface area contributed by atoms with Gasteiger partial charge in [0.15, 0.2) is 11.8 Å². The van der Waals surface area contributed by atoms with E-state index in [-0.39, 0.29) is 18.4 Å². The van der Waals surface area contributed by atoms with Gasteiger partial charge in [-0.3, -0.25) is 19.2 Å². The summed E-state index contributed by atoms with van der Waals surface area (Å²) in [5.41, 5.74) is 0.183. The number of benzene rings is 1. The van der Waals surface area contributed by atoms with E-state index < -0.39 is 35.5 Å². The number of amides is 3. The van der Waals surface area contributed by atoms with E-state index >= 15 is 0 Å². The van der Waals surface area contributed by atoms with Crippen LogP contribution in [0.15, 0.2) is 30.3 Å². The summed E-state index contributed by atoms with van der Waals surface area (Å²) in [5.74, 6) is -3.87. The molecule has 1 aliphatic heterocycles. The van der Waals surface area contributed by atoms with E-state index in [4.69, 9.17) is 4.84 Å². The number of hydrogen-bond donors (Lipinski definition) is 1. The highest BCUT2D eigenvalue weighted by Crippen LogP contribution is 2.14. The predicted octanol–water partition coefficient (Wildman–Crippen LogP) is -0.0188. The Labute approximate surface area is 131 Å². The van der Waals surface area contributed by atoms with Crippen LogP contribution in [-0.2, 0) is 24.0 Å². The van der Waals surface area contributed by atoms with E-state index in [1.807, 2.05) is 0 Å². The van der Waals surface area contributed by atoms with E-state index in [9.17, 15) is 24.0 Å². The number of nitrogens with one attached hydrogen (secondary N) is 1. The zero-order valence-corrected chi connectivity index (χ0v) is 12.3. The molecule has 1 saturated heterocycles. The van der Waals surface area contributed by atoms with E-state index in [1.54, 1.807) is 18.2 Å². The van der Waals surface area contributed by atoms with Crippen LogP contribution in [0, 0.1) is 0 Å². The minimum absolute atomic E-state index is 0.0659. The first-order valence-electron chi connectivity index (χ1n) is 6.84. The third kappa shape index (κ3) is 3.79. The summed E-state index contributed by atoms with van der Waals surface area (Å²) in [6.07, 6.45) is -0.132. The second-order valence-electron chi connectivity index (χ2n) is 4.86. The van der Waals surface area contributed by atoms with Crippen LogP contribution in [0.2, 0.25) is 0 Å². The maximum Gasteiger partial charge on any atom is 0.363 e. The average molecular weight is 318 g/mol. The lowest BCUT2D eigenvalue weighted by molar-refractivity contribution is -0.198. The van der Waals surface area contributed by atoms with Gasteiger partial charge < -0.3 is 10.2 Å². The third-order valence-corrected chi connectivity index (χ3v) is 3.09. The zero-order valence-electron chi connectivity index (χ0n) is 12.3. The molecule has 2 rings (SSSR count). The number of carbonyl (C=O) groups excluding carboxylic acids is 5. The van der Waals surface area contributed by atoms with Gasteiger partial charge in [-0.05, 0) is 0 Å². The van der Waals surface area contributed by atoms with Crippen molar-refractivity contribution in [3.63, 3.8) is 0 Å². The number of Topliss-reactive ketones (excluding diaryl/α,β-unsaturated/α-hetero) is 1. The Morgan fingerprint density at radius 1 is 1.09 bits per heavy atom. The molecule has 8 heteroatoms. The minimum atomic E-state index is -1.64. The molecule has 23 heavy (non-hydrogen) atoms. The minimum Gasteiger partial charge on any atom is -0.337 e. The first kappa shape index (κ1) is 16.3. The van der Waals surface area contributed by atoms with E-state index in [2.05, 4.69) is 5.32 Å². The third-order valence-electron chi connectivity index (χ3n) is 3.09. The van der Waals surface area contributed by atoms with Crippen molar-refractivity contribution < 1.29 is 28.8 Å². The predicted molar refractivity (Wildman–Crippen MR) is 75.6 cm³/mol. The van der Waals surface area contributed by atoms with Crippen molar-refractivity contribution in [1.29, 1.82) is 0 Å². The van der Waals surface area contributed by atoms with Crippen molar-refractivity contribution >= 4 is 29.5 Å². The summed E-state index contributed by atoms with van der Waals surface area (Å²) in [7, 11) is 0. The summed E-state index contributed by atoms with van der Waals surface area (Å²) in [6, 6.07) is 6.17. The van der Waals surface area contributed by atoms with Crippen LogP contribution in [0.3, 0.4) is 0 Å². The number of hydroxylamine groups is 2. The Bertz CT molecular complexity index is 654. The number of imide groups is 1. The van der Waals surface area contributed by atoms with Crippen LogP contribution < -0.4 is 5.32 Å². The molecule has 0 saturated carbocycles. The second kappa shape index (κ2) is 6.82. The van der Waals surface area contributed by atoms with Gasteiger partial charge in [-0.2, -0.15) is 0 Å². The van der Waals surface area contributed by atoms with Crippen molar-refractivity contribution in [2.45, 2.75) is 25.8 Å². The Kier molecular flexibility index (Phi) is 4.85. The van der Waals surface area contributed by atoms with Crippen LogP contribution in [0.5, 0.6) is 0 Å². The van der Waals surface area contributed by atoms with Gasteiger partial charge in [0.2, 0.25) is 5.91 Å². The Morgan fingerprint density at radius 3 is 2.17 bits per heavy atom. The van der Waals surface area contributed by atoms with Gasteiger partial charge in [-0.1, -0.05) is 30.3 Å². The molecule has 1 N–H and O–H groups in total. The molecule has 0 spiro atoms. The van der Waals surface area contributed by atoms with Gasteiger partial charge >= 0.3 is 5.97 Å². The number of rotatable bonds is 5. The van der Waals surface area contributed by atoms with Crippen molar-refractivity contribution in [2.24, 2.45) is 0 Å². The van der Waals surface area contributed by atoms with Gasteiger partial charge in [0.05, 0.1) is 0 Å². The molecular weight excluding hydrogens is 304 g/mol. The molecule has 0 bridgehead atoms. The quantitative estimate of drug-likeness (QED) is 0.464. The van der Waals surface area contributed by atoms with Gasteiger partial charge in [-0.15, -0.1) is 5.06 Å². The maximum absolute atomic E-state index is 12.4. The summed E-state index contributed by atoms with van der Waals surface area (Å²) in [5, 5.41) is 2.50. The van der Waals surface area contributed by atoms with Gasteiger partial charge in [0, 0.05) is 25.3 Å². The number of ketones is 1. The standard InChI is InChI=1S/C15H14N2O6/c1-9(18)16-13(14(21)10-5-3-2-4-6-10)15(22)23-17-11(19)7-8-12(17)20/h2-6,13H,7-8H2,1H3,(H,16,18)/t13-/m0/s1. The lowest BCUT2D eigenvalue weighted by Crippen LogP contribution is -2.49. The topological polar surface area (TPSA) is 110 Å². The summed E-state index contributed by atoms with van der Waals surface area (Å²) in [6.45, 7) is 1.13. The summed E-state index contributed by atoms with van der Waals surface area (Å²) in [4.78, 5) is 63.4. The summed E-state index contributed by atoms with van der Waals surface area (Å²) < 4.78 is 0. The number of carbonyl (C=O) groups is 5. The van der Waals surface area contributed by atoms with Crippen LogP contribution in [0.4, 0.5) is 0 Å². The molecule has 3 amide bonds. The molecule has 0 radical (unpaired) electrons. The lowest BCUT2D eigenvalue weighted by atomic mass is 10.0. The van der Waals surface area contributed by atoms with Crippen LogP contribution in [0.1, 0.15) is 30.1 Å². The molecule has 1 fully saturated rings. The molecule has 1 aliphatic rings. The molecular formula is C15H14N2O6. The monoisotopic (exact) mass is 318 g/mol. The maximum atomic E-state index is 12.4. The molecule has 1 heterocycles. The molecule has 8 nitrogen and oxygen atoms in total. The van der Waals surface area contributed by atoms with Crippen molar-refractivity contribution in [1.82, 2.24) is 10.4 Å². The molecule has 1 atom stereocenters. The van der Waals surface area contributed by atoms with E-state index in [0.29, 0.717) is 5.06 Å². The van der Waals surface area contributed by atoms with Crippen LogP contribution in [-0.4, -0.2) is 40.6 Å². The van der Waals surface area contributed by atoms with E-state index in [0.717, 1.165) is 6.92 Å². The van der Waals surface area contributed by atoms with Crippen molar-refractivity contribution in [3.8, 4) is 0 Å². The molecule has 1 aromatic carbocycles. The Hall–Kier alpha value is -3.03. The highest BCUT2D eigenvalue weighted by molar-refractivity contribution is 6.14. The second-order valence-corrected chi connectivity index (χ2v) is 4.86. The smallest absolute Gasteiger partial charge is 0.337 e. The van der Waals surface area contributed by atoms with Crippen molar-refractivity contribution in [2.75, 3.05) is 0 Å². The fourth-order valence-corrected chi connectivity index (χ4v) is 2.00. The number of hydrogen-bond acceptors (Lipinski definition) is 6. The van der Waals surface area contributed by atoms with Gasteiger partial charge in [0.1, 0.15) is 0 Å². The Balaban J connectivity index is 2.19. The molecule has 0 unspecified atom stereocenters. The fraction of sp³-hybridized carbons (Fsp3) is 0.267. The summed E-state index contributed by atoms with van der Waals surface area (Å²) >= 11 is 0.